The lowest BCUT2D eigenvalue weighted by atomic mass is 9.47. The summed E-state index contributed by atoms with van der Waals surface area (Å²) in [5.74, 6) is 0.638. The Hall–Kier alpha value is -1.45. The fraction of sp³-hybridized carbons (Fsp3) is 0.652. The zero-order chi connectivity index (χ0) is 22.7. The Morgan fingerprint density at radius 1 is 1.12 bits per heavy atom. The van der Waals surface area contributed by atoms with E-state index >= 15 is 0 Å². The van der Waals surface area contributed by atoms with Crippen LogP contribution >= 0.6 is 15.9 Å². The van der Waals surface area contributed by atoms with Gasteiger partial charge >= 0.3 is 0 Å². The van der Waals surface area contributed by atoms with Gasteiger partial charge in [-0.25, -0.2) is 4.21 Å². The van der Waals surface area contributed by atoms with Crippen LogP contribution in [0.1, 0.15) is 57.8 Å². The molecule has 3 unspecified atom stereocenters. The van der Waals surface area contributed by atoms with Gasteiger partial charge in [0.25, 0.3) is 11.3 Å². The first-order valence-corrected chi connectivity index (χ1v) is 13.4. The van der Waals surface area contributed by atoms with Gasteiger partial charge in [0.1, 0.15) is 5.54 Å². The maximum absolute atomic E-state index is 13.9. The zero-order valence-corrected chi connectivity index (χ0v) is 20.4. The van der Waals surface area contributed by atoms with Gasteiger partial charge in [-0.15, -0.1) is 0 Å². The third-order valence-electron chi connectivity index (χ3n) is 8.56. The monoisotopic (exact) mass is 523 g/mol. The van der Waals surface area contributed by atoms with E-state index in [-0.39, 0.29) is 29.7 Å². The average molecular weight is 524 g/mol. The Morgan fingerprint density at radius 3 is 2.31 bits per heavy atom. The molecule has 32 heavy (non-hydrogen) atoms. The van der Waals surface area contributed by atoms with Gasteiger partial charge in [0.2, 0.25) is 11.8 Å². The maximum Gasteiger partial charge on any atom is 0.262 e. The Morgan fingerprint density at radius 2 is 1.75 bits per heavy atom. The molecule has 1 aromatic rings. The fourth-order valence-corrected chi connectivity index (χ4v) is 8.88. The van der Waals surface area contributed by atoms with E-state index in [0.717, 1.165) is 44.9 Å². The lowest BCUT2D eigenvalue weighted by molar-refractivity contribution is -0.148. The first-order valence-electron chi connectivity index (χ1n) is 11.5. The number of nitrogens with two attached hydrogens (primary N) is 1. The minimum absolute atomic E-state index is 0.00260. The van der Waals surface area contributed by atoms with Gasteiger partial charge < -0.3 is 11.1 Å². The van der Waals surface area contributed by atoms with Crippen LogP contribution in [0.3, 0.4) is 0 Å². The third-order valence-corrected chi connectivity index (χ3v) is 10.1. The van der Waals surface area contributed by atoms with Gasteiger partial charge in [0, 0.05) is 15.9 Å². The lowest BCUT2D eigenvalue weighted by Crippen LogP contribution is -2.66. The van der Waals surface area contributed by atoms with Crippen molar-refractivity contribution in [3.8, 4) is 0 Å². The molecule has 5 fully saturated rings. The number of carbonyl (C=O) groups excluding carboxylic acids is 2. The van der Waals surface area contributed by atoms with Crippen molar-refractivity contribution in [2.24, 2.45) is 28.9 Å². The van der Waals surface area contributed by atoms with E-state index in [1.54, 1.807) is 6.07 Å². The number of nitrogens with zero attached hydrogens (tertiary/aromatic N) is 1. The first kappa shape index (κ1) is 22.3. The van der Waals surface area contributed by atoms with Gasteiger partial charge in [-0.2, -0.15) is 0 Å². The third kappa shape index (κ3) is 3.42. The van der Waals surface area contributed by atoms with Gasteiger partial charge in [-0.1, -0.05) is 25.0 Å². The summed E-state index contributed by atoms with van der Waals surface area (Å²) in [5.41, 5.74) is 4.88. The van der Waals surface area contributed by atoms with Crippen molar-refractivity contribution in [2.45, 2.75) is 69.4 Å². The normalized spacial score (nSPS) is 35.4. The summed E-state index contributed by atoms with van der Waals surface area (Å²) in [6.45, 7) is 0. The van der Waals surface area contributed by atoms with E-state index in [4.69, 9.17) is 5.73 Å². The molecule has 0 radical (unpaired) electrons. The second-order valence-corrected chi connectivity index (χ2v) is 12.0. The van der Waals surface area contributed by atoms with Crippen LogP contribution in [0.2, 0.25) is 0 Å². The molecule has 0 saturated heterocycles. The quantitative estimate of drug-likeness (QED) is 0.495. The Kier molecular flexibility index (Phi) is 5.65. The van der Waals surface area contributed by atoms with Crippen LogP contribution in [0.15, 0.2) is 28.7 Å². The van der Waals surface area contributed by atoms with Gasteiger partial charge in [-0.3, -0.25) is 18.4 Å². The number of primary amides is 1. The number of anilines is 1. The minimum Gasteiger partial charge on any atom is -0.369 e. The Bertz CT molecular complexity index is 950. The molecule has 5 aliphatic rings. The molecule has 7 nitrogen and oxygen atoms in total. The average Bonchev–Trinajstić information content (AvgIpc) is 3.22. The van der Waals surface area contributed by atoms with Crippen molar-refractivity contribution in [3.63, 3.8) is 0 Å². The molecule has 5 aliphatic carbocycles. The Labute approximate surface area is 199 Å². The van der Waals surface area contributed by atoms with Crippen LogP contribution in [0.25, 0.3) is 0 Å². The summed E-state index contributed by atoms with van der Waals surface area (Å²) in [6, 6.07) is 7.23. The smallest absolute Gasteiger partial charge is 0.262 e. The van der Waals surface area contributed by atoms with Crippen molar-refractivity contribution in [2.75, 3.05) is 4.31 Å². The van der Waals surface area contributed by atoms with E-state index in [1.165, 1.54) is 4.31 Å². The summed E-state index contributed by atoms with van der Waals surface area (Å²) in [7, 11) is 0. The predicted octanol–water partition coefficient (Wildman–Crippen LogP) is 3.50. The zero-order valence-electron chi connectivity index (χ0n) is 18.0. The number of rotatable bonds is 6. The SMILES string of the molecule is NC(=O)C12CC3CC(C1)C(NC(=O)C1(N(c4ccccc4Br)S(=O)O)CCCC1)C(C3)C2. The molecule has 1 aromatic carbocycles. The molecule has 5 saturated carbocycles. The molecule has 9 heteroatoms. The van der Waals surface area contributed by atoms with E-state index in [9.17, 15) is 18.4 Å². The fourth-order valence-electron chi connectivity index (χ4n) is 7.41. The molecule has 0 aromatic heterocycles. The van der Waals surface area contributed by atoms with Crippen LogP contribution in [-0.4, -0.2) is 32.2 Å². The highest BCUT2D eigenvalue weighted by Crippen LogP contribution is 2.60. The number of halogens is 1. The van der Waals surface area contributed by atoms with Crippen molar-refractivity contribution < 1.29 is 18.4 Å². The van der Waals surface area contributed by atoms with Crippen molar-refractivity contribution in [1.82, 2.24) is 5.32 Å². The molecule has 0 heterocycles. The molecule has 4 bridgehead atoms. The highest BCUT2D eigenvalue weighted by atomic mass is 79.9. The van der Waals surface area contributed by atoms with Crippen LogP contribution in [0, 0.1) is 23.2 Å². The molecule has 4 N–H and O–H groups in total. The number of para-hydroxylation sites is 1. The highest BCUT2D eigenvalue weighted by Gasteiger charge is 2.59. The molecular weight excluding hydrogens is 494 g/mol. The van der Waals surface area contributed by atoms with Crippen molar-refractivity contribution in [3.05, 3.63) is 28.7 Å². The van der Waals surface area contributed by atoms with Crippen LogP contribution in [-0.2, 0) is 20.9 Å². The Balaban J connectivity index is 1.44. The molecule has 0 spiro atoms. The predicted molar refractivity (Wildman–Crippen MR) is 126 cm³/mol. The summed E-state index contributed by atoms with van der Waals surface area (Å²) in [5, 5.41) is 3.33. The minimum atomic E-state index is -2.36. The summed E-state index contributed by atoms with van der Waals surface area (Å²) in [6.07, 6.45) is 7.13. The van der Waals surface area contributed by atoms with Gasteiger partial charge in [-0.05, 0) is 90.8 Å². The largest absolute Gasteiger partial charge is 0.369 e. The van der Waals surface area contributed by atoms with Crippen molar-refractivity contribution in [1.29, 1.82) is 0 Å². The van der Waals surface area contributed by atoms with Gasteiger partial charge in [0.05, 0.1) is 5.69 Å². The second kappa shape index (κ2) is 8.09. The molecule has 3 atom stereocenters. The van der Waals surface area contributed by atoms with Crippen LogP contribution in [0.4, 0.5) is 5.69 Å². The highest BCUT2D eigenvalue weighted by molar-refractivity contribution is 9.10. The van der Waals surface area contributed by atoms with E-state index < -0.39 is 22.2 Å². The number of hydrogen-bond donors (Lipinski definition) is 3. The summed E-state index contributed by atoms with van der Waals surface area (Å²) in [4.78, 5) is 26.2. The van der Waals surface area contributed by atoms with Crippen LogP contribution < -0.4 is 15.4 Å². The van der Waals surface area contributed by atoms with Crippen molar-refractivity contribution >= 4 is 44.7 Å². The number of amides is 2. The molecule has 174 valence electrons. The molecule has 6 rings (SSSR count). The van der Waals surface area contributed by atoms with Crippen LogP contribution in [0.5, 0.6) is 0 Å². The number of carbonyl (C=O) groups is 2. The van der Waals surface area contributed by atoms with Gasteiger partial charge in [0.15, 0.2) is 0 Å². The van der Waals surface area contributed by atoms with E-state index in [2.05, 4.69) is 21.2 Å². The first-order chi connectivity index (χ1) is 15.3. The lowest BCUT2D eigenvalue weighted by Gasteiger charge is -2.59. The standard InChI is InChI=1S/C23H30BrN3O4S/c24-17-5-1-2-6-18(17)27(32(30)31)23(7-3-4-8-23)21(29)26-19-15-9-14-10-16(19)13-22(11-14,12-15)20(25)28/h1-2,5-6,14-16,19H,3-4,7-13H2,(H2,25,28)(H,26,29)(H,30,31). The topological polar surface area (TPSA) is 113 Å². The van der Waals surface area contributed by atoms with E-state index in [1.807, 2.05) is 18.2 Å². The number of nitrogens with one attached hydrogen (secondary N) is 1. The molecule has 2 amide bonds. The number of benzene rings is 1. The molecular formula is C23H30BrN3O4S. The maximum atomic E-state index is 13.9. The molecule has 0 aliphatic heterocycles. The summed E-state index contributed by atoms with van der Waals surface area (Å²) < 4.78 is 25.0. The second-order valence-electron chi connectivity index (χ2n) is 10.3. The summed E-state index contributed by atoms with van der Waals surface area (Å²) >= 11 is 1.14. The number of hydrogen-bond acceptors (Lipinski definition) is 3. The van der Waals surface area contributed by atoms with E-state index in [0.29, 0.717) is 28.9 Å².